The van der Waals surface area contributed by atoms with Gasteiger partial charge in [-0.3, -0.25) is 4.79 Å². The molecule has 146 valence electrons. The second-order valence-corrected chi connectivity index (χ2v) is 8.70. The summed E-state index contributed by atoms with van der Waals surface area (Å²) in [4.78, 5) is 12.5. The van der Waals surface area contributed by atoms with Gasteiger partial charge in [0.15, 0.2) is 21.3 Å². The molecule has 6 nitrogen and oxygen atoms in total. The number of carbonyl (C=O) groups excluding carboxylic acids is 1. The van der Waals surface area contributed by atoms with Gasteiger partial charge in [-0.25, -0.2) is 8.42 Å². The first kappa shape index (κ1) is 19.8. The zero-order valence-corrected chi connectivity index (χ0v) is 16.6. The predicted molar refractivity (Wildman–Crippen MR) is 107 cm³/mol. The van der Waals surface area contributed by atoms with Gasteiger partial charge in [0.05, 0.1) is 10.6 Å². The highest BCUT2D eigenvalue weighted by molar-refractivity contribution is 7.91. The maximum Gasteiger partial charge on any atom is 0.273 e. The van der Waals surface area contributed by atoms with Gasteiger partial charge in [-0.15, -0.1) is 0 Å². The molecule has 0 aliphatic heterocycles. The molecule has 3 aromatic rings. The Balaban J connectivity index is 1.67. The summed E-state index contributed by atoms with van der Waals surface area (Å²) in [6, 6.07) is 15.8. The van der Waals surface area contributed by atoms with Crippen molar-refractivity contribution in [2.24, 2.45) is 0 Å². The molecule has 1 N–H and O–H groups in total. The first-order chi connectivity index (χ1) is 13.4. The Hall–Kier alpha value is -2.93. The van der Waals surface area contributed by atoms with Gasteiger partial charge in [0.1, 0.15) is 0 Å². The van der Waals surface area contributed by atoms with Crippen LogP contribution in [0.3, 0.4) is 0 Å². The second kappa shape index (κ2) is 8.39. The minimum Gasteiger partial charge on any atom is -0.355 e. The Morgan fingerprint density at radius 1 is 1.07 bits per heavy atom. The summed E-state index contributed by atoms with van der Waals surface area (Å²) in [6.45, 7) is 4.22. The number of amides is 1. The molecule has 0 radical (unpaired) electrons. The van der Waals surface area contributed by atoms with Crippen molar-refractivity contribution >= 4 is 15.7 Å². The molecule has 2 aromatic carbocycles. The van der Waals surface area contributed by atoms with Gasteiger partial charge in [-0.05, 0) is 43.2 Å². The molecule has 0 spiro atoms. The fraction of sp³-hybridized carbons (Fsp3) is 0.238. The van der Waals surface area contributed by atoms with Gasteiger partial charge in [0, 0.05) is 18.2 Å². The summed E-state index contributed by atoms with van der Waals surface area (Å²) in [5.74, 6) is 0.178. The van der Waals surface area contributed by atoms with Gasteiger partial charge in [-0.2, -0.15) is 0 Å². The second-order valence-electron chi connectivity index (χ2n) is 6.59. The Morgan fingerprint density at radius 3 is 2.39 bits per heavy atom. The van der Waals surface area contributed by atoms with Crippen LogP contribution in [0, 0.1) is 6.92 Å². The zero-order valence-electron chi connectivity index (χ0n) is 15.8. The lowest BCUT2D eigenvalue weighted by molar-refractivity contribution is 0.0942. The van der Waals surface area contributed by atoms with Crippen LogP contribution in [-0.4, -0.2) is 25.2 Å². The van der Waals surface area contributed by atoms with Crippen molar-refractivity contribution in [3.63, 3.8) is 0 Å². The van der Waals surface area contributed by atoms with Crippen molar-refractivity contribution in [3.05, 3.63) is 71.4 Å². The van der Waals surface area contributed by atoms with Gasteiger partial charge < -0.3 is 9.84 Å². The van der Waals surface area contributed by atoms with Gasteiger partial charge in [0.2, 0.25) is 0 Å². The molecule has 1 heterocycles. The molecular weight excluding hydrogens is 376 g/mol. The summed E-state index contributed by atoms with van der Waals surface area (Å²) >= 11 is 0. The maximum absolute atomic E-state index is 12.3. The third kappa shape index (κ3) is 4.67. The number of sulfone groups is 1. The summed E-state index contributed by atoms with van der Waals surface area (Å²) in [5.41, 5.74) is 2.97. The van der Waals surface area contributed by atoms with Crippen LogP contribution in [0.25, 0.3) is 11.3 Å². The van der Waals surface area contributed by atoms with E-state index in [0.717, 1.165) is 11.1 Å². The zero-order chi connectivity index (χ0) is 20.1. The molecule has 0 saturated carbocycles. The van der Waals surface area contributed by atoms with Crippen LogP contribution < -0.4 is 5.32 Å². The molecular formula is C21H22N2O4S. The highest BCUT2D eigenvalue weighted by Crippen LogP contribution is 2.23. The van der Waals surface area contributed by atoms with Crippen molar-refractivity contribution in [3.8, 4) is 11.3 Å². The van der Waals surface area contributed by atoms with Crippen molar-refractivity contribution in [2.75, 3.05) is 5.75 Å². The van der Waals surface area contributed by atoms with Gasteiger partial charge >= 0.3 is 0 Å². The molecule has 3 rings (SSSR count). The number of hydrogen-bond donors (Lipinski definition) is 1. The first-order valence-electron chi connectivity index (χ1n) is 9.02. The van der Waals surface area contributed by atoms with E-state index in [-0.39, 0.29) is 22.2 Å². The van der Waals surface area contributed by atoms with E-state index < -0.39 is 9.84 Å². The molecule has 7 heteroatoms. The Kier molecular flexibility index (Phi) is 5.94. The summed E-state index contributed by atoms with van der Waals surface area (Å²) in [6.07, 6.45) is 0.563. The number of carbonyl (C=O) groups is 1. The lowest BCUT2D eigenvalue weighted by atomic mass is 10.1. The molecule has 0 fully saturated rings. The van der Waals surface area contributed by atoms with Gasteiger partial charge in [-0.1, -0.05) is 41.9 Å². The topological polar surface area (TPSA) is 89.3 Å². The molecule has 0 bridgehead atoms. The van der Waals surface area contributed by atoms with Gasteiger partial charge in [0.25, 0.3) is 5.91 Å². The first-order valence-corrected chi connectivity index (χ1v) is 10.7. The number of aryl methyl sites for hydroxylation is 1. The molecule has 0 aliphatic rings. The Labute approximate surface area is 164 Å². The summed E-state index contributed by atoms with van der Waals surface area (Å²) in [5, 5.41) is 6.62. The Morgan fingerprint density at radius 2 is 1.75 bits per heavy atom. The standard InChI is InChI=1S/C21H22N2O4S/c1-3-12-28(25,26)18-10-8-17(9-11-18)20-13-19(23-27-20)21(24)22-14-16-6-4-15(2)5-7-16/h4-11,13H,3,12,14H2,1-2H3,(H,22,24). The number of nitrogens with one attached hydrogen (secondary N) is 1. The number of aromatic nitrogens is 1. The van der Waals surface area contributed by atoms with E-state index in [1.165, 1.54) is 0 Å². The Bertz CT molecular complexity index is 1050. The van der Waals surface area contributed by atoms with E-state index in [0.29, 0.717) is 24.3 Å². The number of rotatable bonds is 7. The van der Waals surface area contributed by atoms with Crippen molar-refractivity contribution in [2.45, 2.75) is 31.7 Å². The molecule has 0 atom stereocenters. The van der Waals surface area contributed by atoms with Crippen LogP contribution in [0.2, 0.25) is 0 Å². The predicted octanol–water partition coefficient (Wildman–Crippen LogP) is 3.76. The van der Waals surface area contributed by atoms with Crippen LogP contribution in [0.5, 0.6) is 0 Å². The molecule has 28 heavy (non-hydrogen) atoms. The number of benzene rings is 2. The van der Waals surface area contributed by atoms with Crippen molar-refractivity contribution in [1.82, 2.24) is 10.5 Å². The highest BCUT2D eigenvalue weighted by atomic mass is 32.2. The average molecular weight is 398 g/mol. The van der Waals surface area contributed by atoms with Crippen LogP contribution in [-0.2, 0) is 16.4 Å². The van der Waals surface area contributed by atoms with Crippen LogP contribution >= 0.6 is 0 Å². The minimum absolute atomic E-state index is 0.111. The van der Waals surface area contributed by atoms with E-state index in [2.05, 4.69) is 10.5 Å². The van der Waals surface area contributed by atoms with E-state index in [9.17, 15) is 13.2 Å². The maximum atomic E-state index is 12.3. The molecule has 0 unspecified atom stereocenters. The number of nitrogens with zero attached hydrogens (tertiary/aromatic N) is 1. The lowest BCUT2D eigenvalue weighted by Crippen LogP contribution is -2.22. The molecule has 0 aliphatic carbocycles. The SMILES string of the molecule is CCCS(=O)(=O)c1ccc(-c2cc(C(=O)NCc3ccc(C)cc3)no2)cc1. The summed E-state index contributed by atoms with van der Waals surface area (Å²) in [7, 11) is -3.26. The van der Waals surface area contributed by atoms with Crippen LogP contribution in [0.15, 0.2) is 64.0 Å². The third-order valence-electron chi connectivity index (χ3n) is 4.29. The minimum atomic E-state index is -3.26. The third-order valence-corrected chi connectivity index (χ3v) is 6.22. The summed E-state index contributed by atoms with van der Waals surface area (Å²) < 4.78 is 29.4. The van der Waals surface area contributed by atoms with Crippen LogP contribution in [0.1, 0.15) is 35.0 Å². The molecule has 1 amide bonds. The van der Waals surface area contributed by atoms with E-state index >= 15 is 0 Å². The monoisotopic (exact) mass is 398 g/mol. The smallest absolute Gasteiger partial charge is 0.273 e. The average Bonchev–Trinajstić information content (AvgIpc) is 3.18. The lowest BCUT2D eigenvalue weighted by Gasteiger charge is -2.03. The molecule has 1 aromatic heterocycles. The van der Waals surface area contributed by atoms with E-state index in [1.54, 1.807) is 30.3 Å². The fourth-order valence-electron chi connectivity index (χ4n) is 2.71. The van der Waals surface area contributed by atoms with E-state index in [4.69, 9.17) is 4.52 Å². The van der Waals surface area contributed by atoms with Crippen molar-refractivity contribution < 1.29 is 17.7 Å². The highest BCUT2D eigenvalue weighted by Gasteiger charge is 2.16. The fourth-order valence-corrected chi connectivity index (χ4v) is 4.03. The normalized spacial score (nSPS) is 11.4. The van der Waals surface area contributed by atoms with Crippen molar-refractivity contribution in [1.29, 1.82) is 0 Å². The largest absolute Gasteiger partial charge is 0.355 e. The number of hydrogen-bond acceptors (Lipinski definition) is 5. The quantitative estimate of drug-likeness (QED) is 0.654. The van der Waals surface area contributed by atoms with Crippen LogP contribution in [0.4, 0.5) is 0 Å². The molecule has 0 saturated heterocycles. The van der Waals surface area contributed by atoms with E-state index in [1.807, 2.05) is 38.1 Å².